The molecule has 2 N–H and O–H groups in total. The highest BCUT2D eigenvalue weighted by atomic mass is 16.3. The third-order valence-corrected chi connectivity index (χ3v) is 4.27. The van der Waals surface area contributed by atoms with Crippen molar-refractivity contribution in [3.8, 4) is 0 Å². The number of amides is 4. The van der Waals surface area contributed by atoms with Crippen LogP contribution in [-0.4, -0.2) is 35.3 Å². The molecular formula is C19H21N3O4. The number of carbonyl (C=O) groups is 3. The van der Waals surface area contributed by atoms with Crippen molar-refractivity contribution in [3.63, 3.8) is 0 Å². The van der Waals surface area contributed by atoms with Crippen LogP contribution in [0.5, 0.6) is 0 Å². The van der Waals surface area contributed by atoms with Gasteiger partial charge in [0.15, 0.2) is 0 Å². The smallest absolute Gasteiger partial charge is 0.324 e. The lowest BCUT2D eigenvalue weighted by atomic mass is 10.1. The van der Waals surface area contributed by atoms with Gasteiger partial charge in [0.05, 0.1) is 12.8 Å². The van der Waals surface area contributed by atoms with Gasteiger partial charge in [-0.15, -0.1) is 0 Å². The van der Waals surface area contributed by atoms with Crippen molar-refractivity contribution in [1.29, 1.82) is 0 Å². The van der Waals surface area contributed by atoms with Gasteiger partial charge in [0.25, 0.3) is 5.91 Å². The van der Waals surface area contributed by atoms with E-state index in [4.69, 9.17) is 4.42 Å². The van der Waals surface area contributed by atoms with E-state index >= 15 is 0 Å². The molecule has 0 bridgehead atoms. The van der Waals surface area contributed by atoms with E-state index in [9.17, 15) is 14.4 Å². The minimum absolute atomic E-state index is 0.157. The Kier molecular flexibility index (Phi) is 5.68. The molecule has 1 aliphatic heterocycles. The van der Waals surface area contributed by atoms with E-state index in [0.717, 1.165) is 5.56 Å². The first-order valence-corrected chi connectivity index (χ1v) is 8.58. The number of nitrogens with zero attached hydrogens (tertiary/aromatic N) is 1. The zero-order valence-corrected chi connectivity index (χ0v) is 14.3. The average molecular weight is 355 g/mol. The first kappa shape index (κ1) is 17.7. The quantitative estimate of drug-likeness (QED) is 0.707. The summed E-state index contributed by atoms with van der Waals surface area (Å²) in [6.07, 6.45) is 2.58. The molecule has 0 spiro atoms. The fourth-order valence-electron chi connectivity index (χ4n) is 2.83. The SMILES string of the molecule is O=C(CC[C@@H]1NC(=O)N(CCc2ccccc2)C1=O)NCc1ccco1. The van der Waals surface area contributed by atoms with Gasteiger partial charge in [-0.1, -0.05) is 30.3 Å². The topological polar surface area (TPSA) is 91.7 Å². The second-order valence-corrected chi connectivity index (χ2v) is 6.12. The van der Waals surface area contributed by atoms with Crippen molar-refractivity contribution in [2.24, 2.45) is 0 Å². The molecule has 1 fully saturated rings. The highest BCUT2D eigenvalue weighted by Crippen LogP contribution is 2.13. The molecule has 1 atom stereocenters. The van der Waals surface area contributed by atoms with Gasteiger partial charge in [0.1, 0.15) is 11.8 Å². The van der Waals surface area contributed by atoms with E-state index in [1.807, 2.05) is 30.3 Å². The van der Waals surface area contributed by atoms with Gasteiger partial charge in [-0.2, -0.15) is 0 Å². The first-order chi connectivity index (χ1) is 12.6. The van der Waals surface area contributed by atoms with Crippen LogP contribution in [0, 0.1) is 0 Å². The number of furan rings is 1. The largest absolute Gasteiger partial charge is 0.467 e. The van der Waals surface area contributed by atoms with E-state index in [1.165, 1.54) is 11.2 Å². The molecule has 136 valence electrons. The minimum atomic E-state index is -0.646. The standard InChI is InChI=1S/C19H21N3O4/c23-17(20-13-15-7-4-12-26-15)9-8-16-18(24)22(19(25)21-16)11-10-14-5-2-1-3-6-14/h1-7,12,16H,8-11,13H2,(H,20,23)(H,21,25)/t16-/m0/s1. The molecule has 0 unspecified atom stereocenters. The van der Waals surface area contributed by atoms with Crippen molar-refractivity contribution in [2.75, 3.05) is 6.54 Å². The number of hydrogen-bond acceptors (Lipinski definition) is 4. The Balaban J connectivity index is 1.43. The van der Waals surface area contributed by atoms with Crippen molar-refractivity contribution in [2.45, 2.75) is 31.8 Å². The lowest BCUT2D eigenvalue weighted by Crippen LogP contribution is -2.33. The summed E-state index contributed by atoms with van der Waals surface area (Å²) in [5.74, 6) is 0.201. The molecule has 3 rings (SSSR count). The summed E-state index contributed by atoms with van der Waals surface area (Å²) >= 11 is 0. The predicted octanol–water partition coefficient (Wildman–Crippen LogP) is 1.84. The lowest BCUT2D eigenvalue weighted by Gasteiger charge is -2.13. The Morgan fingerprint density at radius 3 is 2.69 bits per heavy atom. The molecular weight excluding hydrogens is 334 g/mol. The summed E-state index contributed by atoms with van der Waals surface area (Å²) < 4.78 is 5.14. The van der Waals surface area contributed by atoms with Gasteiger partial charge in [0, 0.05) is 13.0 Å². The summed E-state index contributed by atoms with van der Waals surface area (Å²) in [6.45, 7) is 0.635. The van der Waals surface area contributed by atoms with E-state index in [2.05, 4.69) is 10.6 Å². The molecule has 1 aliphatic rings. The average Bonchev–Trinajstić information content (AvgIpc) is 3.26. The lowest BCUT2D eigenvalue weighted by molar-refractivity contribution is -0.127. The molecule has 7 nitrogen and oxygen atoms in total. The summed E-state index contributed by atoms with van der Waals surface area (Å²) in [5.41, 5.74) is 1.06. The van der Waals surface area contributed by atoms with Gasteiger partial charge in [-0.3, -0.25) is 14.5 Å². The molecule has 2 heterocycles. The number of rotatable bonds is 8. The number of benzene rings is 1. The Labute approximate surface area is 151 Å². The normalized spacial score (nSPS) is 16.6. The monoisotopic (exact) mass is 355 g/mol. The van der Waals surface area contributed by atoms with E-state index < -0.39 is 12.1 Å². The molecule has 2 aromatic rings. The molecule has 1 aromatic carbocycles. The third-order valence-electron chi connectivity index (χ3n) is 4.27. The molecule has 7 heteroatoms. The van der Waals surface area contributed by atoms with Gasteiger partial charge in [0.2, 0.25) is 5.91 Å². The van der Waals surface area contributed by atoms with Crippen LogP contribution < -0.4 is 10.6 Å². The Morgan fingerprint density at radius 2 is 1.96 bits per heavy atom. The summed E-state index contributed by atoms with van der Waals surface area (Å²) in [7, 11) is 0. The molecule has 4 amide bonds. The number of imide groups is 1. The maximum Gasteiger partial charge on any atom is 0.324 e. The van der Waals surface area contributed by atoms with Gasteiger partial charge >= 0.3 is 6.03 Å². The molecule has 0 radical (unpaired) electrons. The fraction of sp³-hybridized carbons (Fsp3) is 0.316. The minimum Gasteiger partial charge on any atom is -0.467 e. The van der Waals surface area contributed by atoms with Crippen LogP contribution in [0.3, 0.4) is 0 Å². The number of nitrogens with one attached hydrogen (secondary N) is 2. The van der Waals surface area contributed by atoms with Gasteiger partial charge in [-0.05, 0) is 30.5 Å². The molecule has 0 aliphatic carbocycles. The van der Waals surface area contributed by atoms with Crippen LogP contribution in [0.15, 0.2) is 53.1 Å². The van der Waals surface area contributed by atoms with Gasteiger partial charge in [-0.25, -0.2) is 4.79 Å². The Bertz CT molecular complexity index is 758. The number of urea groups is 1. The van der Waals surface area contributed by atoms with Crippen molar-refractivity contribution >= 4 is 17.8 Å². The Morgan fingerprint density at radius 1 is 1.15 bits per heavy atom. The van der Waals surface area contributed by atoms with Crippen LogP contribution in [0.1, 0.15) is 24.2 Å². The van der Waals surface area contributed by atoms with E-state index in [1.54, 1.807) is 12.1 Å². The van der Waals surface area contributed by atoms with Crippen LogP contribution in [0.25, 0.3) is 0 Å². The maximum absolute atomic E-state index is 12.4. The van der Waals surface area contributed by atoms with E-state index in [0.29, 0.717) is 25.3 Å². The molecule has 26 heavy (non-hydrogen) atoms. The highest BCUT2D eigenvalue weighted by Gasteiger charge is 2.37. The zero-order valence-electron chi connectivity index (χ0n) is 14.3. The van der Waals surface area contributed by atoms with Crippen LogP contribution in [-0.2, 0) is 22.6 Å². The fourth-order valence-corrected chi connectivity index (χ4v) is 2.83. The van der Waals surface area contributed by atoms with Gasteiger partial charge < -0.3 is 15.1 Å². The van der Waals surface area contributed by atoms with Crippen LogP contribution >= 0.6 is 0 Å². The molecule has 0 saturated carbocycles. The maximum atomic E-state index is 12.4. The number of carbonyl (C=O) groups excluding carboxylic acids is 3. The predicted molar refractivity (Wildman–Crippen MR) is 94.0 cm³/mol. The molecule has 1 aromatic heterocycles. The highest BCUT2D eigenvalue weighted by molar-refractivity contribution is 6.04. The van der Waals surface area contributed by atoms with Crippen LogP contribution in [0.4, 0.5) is 4.79 Å². The summed E-state index contributed by atoms with van der Waals surface area (Å²) in [5, 5.41) is 5.38. The van der Waals surface area contributed by atoms with Crippen molar-refractivity contribution in [1.82, 2.24) is 15.5 Å². The van der Waals surface area contributed by atoms with Crippen molar-refractivity contribution < 1.29 is 18.8 Å². The number of hydrogen-bond donors (Lipinski definition) is 2. The molecule has 1 saturated heterocycles. The second kappa shape index (κ2) is 8.33. The summed E-state index contributed by atoms with van der Waals surface area (Å²) in [4.78, 5) is 37.5. The second-order valence-electron chi connectivity index (χ2n) is 6.12. The van der Waals surface area contributed by atoms with Crippen LogP contribution in [0.2, 0.25) is 0 Å². The van der Waals surface area contributed by atoms with E-state index in [-0.39, 0.29) is 24.7 Å². The third kappa shape index (κ3) is 4.50. The first-order valence-electron chi connectivity index (χ1n) is 8.58. The van der Waals surface area contributed by atoms with Crippen molar-refractivity contribution in [3.05, 3.63) is 60.1 Å². The Hall–Kier alpha value is -3.09. The summed E-state index contributed by atoms with van der Waals surface area (Å²) in [6, 6.07) is 12.2. The zero-order chi connectivity index (χ0) is 18.4.